The van der Waals surface area contributed by atoms with Crippen molar-refractivity contribution in [2.75, 3.05) is 13.7 Å². The summed E-state index contributed by atoms with van der Waals surface area (Å²) >= 11 is 0. The van der Waals surface area contributed by atoms with Crippen molar-refractivity contribution in [1.82, 2.24) is 9.80 Å². The van der Waals surface area contributed by atoms with Crippen molar-refractivity contribution in [3.63, 3.8) is 0 Å². The van der Waals surface area contributed by atoms with Crippen LogP contribution < -0.4 is 0 Å². The number of fused-ring (bicyclic) bond motifs is 1. The van der Waals surface area contributed by atoms with Gasteiger partial charge in [-0.3, -0.25) is 19.4 Å². The molecule has 1 aliphatic carbocycles. The number of hydrogen-bond acceptors (Lipinski definition) is 3. The van der Waals surface area contributed by atoms with E-state index in [4.69, 9.17) is 0 Å². The molecule has 1 saturated carbocycles. The SMILES string of the molecule is Cc1ccc(CN(C)CN2C(=O)[C@H]3CCCC[C@H]3C2=O)c(C)c1. The van der Waals surface area contributed by atoms with E-state index in [1.807, 2.05) is 7.05 Å². The Hall–Kier alpha value is -1.68. The number of likely N-dealkylation sites (tertiary alicyclic amines) is 1. The van der Waals surface area contributed by atoms with Crippen LogP contribution in [0.1, 0.15) is 42.4 Å². The summed E-state index contributed by atoms with van der Waals surface area (Å²) in [6.07, 6.45) is 3.91. The highest BCUT2D eigenvalue weighted by Gasteiger charge is 2.48. The Morgan fingerprint density at radius 2 is 1.70 bits per heavy atom. The molecule has 2 amide bonds. The van der Waals surface area contributed by atoms with Gasteiger partial charge in [-0.2, -0.15) is 0 Å². The van der Waals surface area contributed by atoms with Crippen LogP contribution in [0.5, 0.6) is 0 Å². The molecule has 4 heteroatoms. The lowest BCUT2D eigenvalue weighted by Gasteiger charge is -2.24. The van der Waals surface area contributed by atoms with Crippen molar-refractivity contribution in [2.45, 2.75) is 46.1 Å². The first kappa shape index (κ1) is 16.2. The molecule has 0 aromatic heterocycles. The lowest BCUT2D eigenvalue weighted by molar-refractivity contribution is -0.142. The van der Waals surface area contributed by atoms with Gasteiger partial charge in [0, 0.05) is 6.54 Å². The fourth-order valence-corrected chi connectivity index (χ4v) is 3.98. The summed E-state index contributed by atoms with van der Waals surface area (Å²) in [5.74, 6) is -0.00382. The van der Waals surface area contributed by atoms with Crippen molar-refractivity contribution in [3.05, 3.63) is 34.9 Å². The molecule has 3 rings (SSSR count). The number of rotatable bonds is 4. The number of amides is 2. The smallest absolute Gasteiger partial charge is 0.234 e. The molecule has 0 spiro atoms. The predicted molar refractivity (Wildman–Crippen MR) is 89.6 cm³/mol. The topological polar surface area (TPSA) is 40.6 Å². The minimum absolute atomic E-state index is 0.0483. The zero-order valence-corrected chi connectivity index (χ0v) is 14.3. The molecule has 1 saturated heterocycles. The van der Waals surface area contributed by atoms with Crippen LogP contribution in [0.15, 0.2) is 18.2 Å². The van der Waals surface area contributed by atoms with E-state index in [0.717, 1.165) is 32.2 Å². The molecular formula is C19H26N2O2. The third-order valence-electron chi connectivity index (χ3n) is 5.25. The monoisotopic (exact) mass is 314 g/mol. The molecule has 124 valence electrons. The molecule has 0 bridgehead atoms. The summed E-state index contributed by atoms with van der Waals surface area (Å²) in [5.41, 5.74) is 3.75. The second-order valence-corrected chi connectivity index (χ2v) is 7.19. The normalized spacial score (nSPS) is 24.4. The zero-order valence-electron chi connectivity index (χ0n) is 14.3. The van der Waals surface area contributed by atoms with E-state index in [1.54, 1.807) is 0 Å². The fraction of sp³-hybridized carbons (Fsp3) is 0.579. The van der Waals surface area contributed by atoms with Crippen LogP contribution in [-0.4, -0.2) is 35.3 Å². The highest BCUT2D eigenvalue weighted by atomic mass is 16.2. The lowest BCUT2D eigenvalue weighted by atomic mass is 9.81. The molecule has 0 unspecified atom stereocenters. The van der Waals surface area contributed by atoms with Gasteiger partial charge >= 0.3 is 0 Å². The van der Waals surface area contributed by atoms with E-state index < -0.39 is 0 Å². The second-order valence-electron chi connectivity index (χ2n) is 7.19. The van der Waals surface area contributed by atoms with E-state index in [0.29, 0.717) is 6.67 Å². The van der Waals surface area contributed by atoms with Crippen LogP contribution in [0, 0.1) is 25.7 Å². The Kier molecular flexibility index (Phi) is 4.53. The van der Waals surface area contributed by atoms with Gasteiger partial charge in [0.15, 0.2) is 0 Å². The van der Waals surface area contributed by atoms with Gasteiger partial charge in [0.05, 0.1) is 18.5 Å². The van der Waals surface area contributed by atoms with Crippen LogP contribution in [0.4, 0.5) is 0 Å². The molecule has 23 heavy (non-hydrogen) atoms. The molecule has 0 N–H and O–H groups in total. The average molecular weight is 314 g/mol. The summed E-state index contributed by atoms with van der Waals surface area (Å²) in [7, 11) is 1.97. The summed E-state index contributed by atoms with van der Waals surface area (Å²) in [6.45, 7) is 5.34. The van der Waals surface area contributed by atoms with Gasteiger partial charge in [-0.05, 0) is 44.9 Å². The molecule has 0 radical (unpaired) electrons. The lowest BCUT2D eigenvalue weighted by Crippen LogP contribution is -2.40. The quantitative estimate of drug-likeness (QED) is 0.802. The molecule has 2 atom stereocenters. The van der Waals surface area contributed by atoms with E-state index in [9.17, 15) is 9.59 Å². The number of aryl methyl sites for hydroxylation is 2. The van der Waals surface area contributed by atoms with Gasteiger partial charge in [-0.1, -0.05) is 36.6 Å². The van der Waals surface area contributed by atoms with Crippen LogP contribution in [0.3, 0.4) is 0 Å². The highest BCUT2D eigenvalue weighted by molar-refractivity contribution is 6.05. The zero-order chi connectivity index (χ0) is 16.6. The first-order chi connectivity index (χ1) is 11.0. The van der Waals surface area contributed by atoms with Crippen molar-refractivity contribution in [1.29, 1.82) is 0 Å². The van der Waals surface area contributed by atoms with Gasteiger partial charge in [0.25, 0.3) is 0 Å². The standard InChI is InChI=1S/C19H26N2O2/c1-13-8-9-15(14(2)10-13)11-20(3)12-21-18(22)16-6-4-5-7-17(16)19(21)23/h8-10,16-17H,4-7,11-12H2,1-3H3/t16-,17+. The number of imide groups is 1. The Labute approximate surface area is 138 Å². The molecule has 1 aromatic rings. The number of hydrogen-bond donors (Lipinski definition) is 0. The summed E-state index contributed by atoms with van der Waals surface area (Å²) in [4.78, 5) is 28.6. The Bertz CT molecular complexity index is 602. The number of carbonyl (C=O) groups is 2. The highest BCUT2D eigenvalue weighted by Crippen LogP contribution is 2.38. The number of nitrogens with zero attached hydrogens (tertiary/aromatic N) is 2. The second kappa shape index (κ2) is 6.44. The fourth-order valence-electron chi connectivity index (χ4n) is 3.98. The maximum Gasteiger partial charge on any atom is 0.234 e. The van der Waals surface area contributed by atoms with E-state index in [-0.39, 0.29) is 23.7 Å². The van der Waals surface area contributed by atoms with Crippen molar-refractivity contribution in [2.24, 2.45) is 11.8 Å². The average Bonchev–Trinajstić information content (AvgIpc) is 2.76. The summed E-state index contributed by atoms with van der Waals surface area (Å²) < 4.78 is 0. The largest absolute Gasteiger partial charge is 0.284 e. The van der Waals surface area contributed by atoms with Gasteiger partial charge in [0.2, 0.25) is 11.8 Å². The van der Waals surface area contributed by atoms with E-state index in [1.165, 1.54) is 21.6 Å². The van der Waals surface area contributed by atoms with Crippen LogP contribution in [0.2, 0.25) is 0 Å². The first-order valence-electron chi connectivity index (χ1n) is 8.57. The molecule has 2 aliphatic rings. The minimum Gasteiger partial charge on any atom is -0.284 e. The van der Waals surface area contributed by atoms with Crippen molar-refractivity contribution < 1.29 is 9.59 Å². The maximum atomic E-state index is 12.5. The molecule has 1 heterocycles. The number of carbonyl (C=O) groups excluding carboxylic acids is 2. The van der Waals surface area contributed by atoms with Gasteiger partial charge in [-0.15, -0.1) is 0 Å². The van der Waals surface area contributed by atoms with Crippen LogP contribution in [0.25, 0.3) is 0 Å². The van der Waals surface area contributed by atoms with Crippen molar-refractivity contribution >= 4 is 11.8 Å². The Morgan fingerprint density at radius 1 is 1.09 bits per heavy atom. The maximum absolute atomic E-state index is 12.5. The van der Waals surface area contributed by atoms with Crippen LogP contribution >= 0.6 is 0 Å². The summed E-state index contributed by atoms with van der Waals surface area (Å²) in [5, 5.41) is 0. The molecule has 4 nitrogen and oxygen atoms in total. The van der Waals surface area contributed by atoms with Crippen LogP contribution in [-0.2, 0) is 16.1 Å². The molecular weight excluding hydrogens is 288 g/mol. The predicted octanol–water partition coefficient (Wildman–Crippen LogP) is 2.87. The minimum atomic E-state index is -0.0502. The van der Waals surface area contributed by atoms with Gasteiger partial charge < -0.3 is 0 Å². The number of benzene rings is 1. The van der Waals surface area contributed by atoms with E-state index >= 15 is 0 Å². The third kappa shape index (κ3) is 3.18. The van der Waals surface area contributed by atoms with E-state index in [2.05, 4.69) is 36.9 Å². The molecule has 1 aliphatic heterocycles. The van der Waals surface area contributed by atoms with Crippen molar-refractivity contribution in [3.8, 4) is 0 Å². The molecule has 2 fully saturated rings. The van der Waals surface area contributed by atoms with Gasteiger partial charge in [-0.25, -0.2) is 0 Å². The third-order valence-corrected chi connectivity index (χ3v) is 5.25. The molecule has 1 aromatic carbocycles. The first-order valence-corrected chi connectivity index (χ1v) is 8.57. The van der Waals surface area contributed by atoms with Gasteiger partial charge in [0.1, 0.15) is 0 Å². The summed E-state index contributed by atoms with van der Waals surface area (Å²) in [6, 6.07) is 6.41. The Balaban J connectivity index is 1.66. The Morgan fingerprint density at radius 3 is 2.26 bits per heavy atom.